The molecule has 1 nitrogen and oxygen atoms in total. The minimum atomic E-state index is -0.239. The predicted molar refractivity (Wildman–Crippen MR) is 76.9 cm³/mol. The second-order valence-corrected chi connectivity index (χ2v) is 5.48. The molecule has 0 aliphatic carbocycles. The van der Waals surface area contributed by atoms with E-state index in [1.54, 1.807) is 0 Å². The van der Waals surface area contributed by atoms with Crippen molar-refractivity contribution in [3.05, 3.63) is 34.3 Å². The lowest BCUT2D eigenvalue weighted by Gasteiger charge is -2.25. The first-order valence-electron chi connectivity index (χ1n) is 4.60. The van der Waals surface area contributed by atoms with Crippen LogP contribution in [0.15, 0.2) is 28.7 Å². The third-order valence-electron chi connectivity index (χ3n) is 2.10. The van der Waals surface area contributed by atoms with Gasteiger partial charge in [0.1, 0.15) is 0 Å². The van der Waals surface area contributed by atoms with Crippen molar-refractivity contribution in [2.45, 2.75) is 19.1 Å². The van der Waals surface area contributed by atoms with Gasteiger partial charge >= 0.3 is 0 Å². The van der Waals surface area contributed by atoms with Gasteiger partial charge in [-0.3, -0.25) is 0 Å². The van der Waals surface area contributed by atoms with Crippen LogP contribution in [-0.2, 0) is 11.3 Å². The van der Waals surface area contributed by atoms with E-state index in [1.807, 2.05) is 31.2 Å². The average Bonchev–Trinajstić information content (AvgIpc) is 2.28. The topological polar surface area (TPSA) is 9.23 Å². The molecular weight excluding hydrogens is 390 g/mol. The van der Waals surface area contributed by atoms with Crippen LogP contribution in [0.4, 0.5) is 0 Å². The van der Waals surface area contributed by atoms with E-state index in [4.69, 9.17) is 16.3 Å². The molecule has 0 aromatic heterocycles. The second-order valence-electron chi connectivity index (χ2n) is 3.60. The smallest absolute Gasteiger partial charge is 0.0882 e. The highest BCUT2D eigenvalue weighted by atomic mass is 127. The molecule has 0 fully saturated rings. The molecule has 0 saturated carbocycles. The first-order chi connectivity index (χ1) is 7.11. The molecule has 15 heavy (non-hydrogen) atoms. The lowest BCUT2D eigenvalue weighted by atomic mass is 10.2. The lowest BCUT2D eigenvalue weighted by molar-refractivity contribution is -0.00667. The molecule has 0 amide bonds. The largest absolute Gasteiger partial charge is 0.369 e. The third kappa shape index (κ3) is 4.21. The molecule has 0 saturated heterocycles. The molecule has 0 spiro atoms. The maximum Gasteiger partial charge on any atom is 0.0882 e. The first-order valence-corrected chi connectivity index (χ1v) is 7.46. The van der Waals surface area contributed by atoms with Gasteiger partial charge in [-0.25, -0.2) is 0 Å². The van der Waals surface area contributed by atoms with E-state index in [-0.39, 0.29) is 5.60 Å². The molecule has 0 bridgehead atoms. The van der Waals surface area contributed by atoms with Gasteiger partial charge < -0.3 is 4.74 Å². The Kier molecular flexibility index (Phi) is 5.89. The summed E-state index contributed by atoms with van der Waals surface area (Å²) in [4.78, 5) is 0. The van der Waals surface area contributed by atoms with E-state index in [0.717, 1.165) is 14.5 Å². The molecule has 1 rings (SSSR count). The van der Waals surface area contributed by atoms with E-state index >= 15 is 0 Å². The summed E-state index contributed by atoms with van der Waals surface area (Å²) < 4.78 is 7.79. The summed E-state index contributed by atoms with van der Waals surface area (Å²) in [6.45, 7) is 2.62. The molecule has 1 unspecified atom stereocenters. The molecule has 1 aromatic carbocycles. The summed E-state index contributed by atoms with van der Waals surface area (Å²) >= 11 is 11.7. The maximum atomic E-state index is 5.87. The molecule has 4 heteroatoms. The van der Waals surface area contributed by atoms with Crippen LogP contribution in [0.2, 0.25) is 0 Å². The quantitative estimate of drug-likeness (QED) is 0.523. The summed E-state index contributed by atoms with van der Waals surface area (Å²) in [5, 5.41) is 0. The molecule has 1 aromatic rings. The summed E-state index contributed by atoms with van der Waals surface area (Å²) in [7, 11) is 0. The number of ether oxygens (including phenoxy) is 1. The van der Waals surface area contributed by atoms with Crippen molar-refractivity contribution in [1.82, 2.24) is 0 Å². The normalized spacial score (nSPS) is 14.9. The van der Waals surface area contributed by atoms with Gasteiger partial charge in [-0.15, -0.1) is 11.6 Å². The number of rotatable bonds is 5. The van der Waals surface area contributed by atoms with Crippen LogP contribution in [0.3, 0.4) is 0 Å². The highest BCUT2D eigenvalue weighted by Crippen LogP contribution is 2.22. The molecular formula is C11H13BrClIO. The Balaban J connectivity index is 2.61. The SMILES string of the molecule is CC(CCl)(CI)OCc1ccccc1Br. The van der Waals surface area contributed by atoms with Gasteiger partial charge in [0, 0.05) is 8.90 Å². The number of hydrogen-bond donors (Lipinski definition) is 0. The van der Waals surface area contributed by atoms with Crippen molar-refractivity contribution in [1.29, 1.82) is 0 Å². The summed E-state index contributed by atoms with van der Waals surface area (Å²) in [5.74, 6) is 0.514. The molecule has 0 radical (unpaired) electrons. The number of benzene rings is 1. The van der Waals surface area contributed by atoms with E-state index in [1.165, 1.54) is 0 Å². The van der Waals surface area contributed by atoms with Crippen molar-refractivity contribution in [3.8, 4) is 0 Å². The molecule has 0 aliphatic rings. The third-order valence-corrected chi connectivity index (χ3v) is 5.05. The Labute approximate surface area is 118 Å². The zero-order valence-electron chi connectivity index (χ0n) is 8.47. The van der Waals surface area contributed by atoms with Gasteiger partial charge in [-0.05, 0) is 18.6 Å². The fourth-order valence-corrected chi connectivity index (χ4v) is 2.36. The van der Waals surface area contributed by atoms with Crippen LogP contribution in [0.5, 0.6) is 0 Å². The van der Waals surface area contributed by atoms with Crippen LogP contribution in [0.1, 0.15) is 12.5 Å². The van der Waals surface area contributed by atoms with Crippen molar-refractivity contribution >= 4 is 50.1 Å². The molecule has 1 atom stereocenters. The molecule has 0 aliphatic heterocycles. The number of alkyl halides is 2. The molecule has 84 valence electrons. The maximum absolute atomic E-state index is 5.87. The van der Waals surface area contributed by atoms with Crippen LogP contribution in [0, 0.1) is 0 Å². The van der Waals surface area contributed by atoms with Gasteiger partial charge in [0.25, 0.3) is 0 Å². The Morgan fingerprint density at radius 2 is 2.13 bits per heavy atom. The zero-order valence-corrected chi connectivity index (χ0v) is 13.0. The number of hydrogen-bond acceptors (Lipinski definition) is 1. The van der Waals surface area contributed by atoms with Crippen molar-refractivity contribution in [2.75, 3.05) is 10.3 Å². The predicted octanol–water partition coefficient (Wildman–Crippen LogP) is 4.40. The monoisotopic (exact) mass is 402 g/mol. The second kappa shape index (κ2) is 6.42. The van der Waals surface area contributed by atoms with Gasteiger partial charge in [-0.2, -0.15) is 0 Å². The van der Waals surface area contributed by atoms with Crippen molar-refractivity contribution in [2.24, 2.45) is 0 Å². The minimum Gasteiger partial charge on any atom is -0.369 e. The van der Waals surface area contributed by atoms with Crippen LogP contribution in [0.25, 0.3) is 0 Å². The van der Waals surface area contributed by atoms with Crippen LogP contribution >= 0.6 is 50.1 Å². The van der Waals surface area contributed by atoms with E-state index in [0.29, 0.717) is 12.5 Å². The first kappa shape index (κ1) is 13.7. The van der Waals surface area contributed by atoms with Crippen molar-refractivity contribution in [3.63, 3.8) is 0 Å². The van der Waals surface area contributed by atoms with Gasteiger partial charge in [0.2, 0.25) is 0 Å². The summed E-state index contributed by atoms with van der Waals surface area (Å²) in [6, 6.07) is 8.06. The summed E-state index contributed by atoms with van der Waals surface area (Å²) in [5.41, 5.74) is 0.913. The van der Waals surface area contributed by atoms with Crippen LogP contribution in [-0.4, -0.2) is 15.9 Å². The zero-order chi connectivity index (χ0) is 11.3. The van der Waals surface area contributed by atoms with E-state index in [2.05, 4.69) is 38.5 Å². The van der Waals surface area contributed by atoms with Gasteiger partial charge in [-0.1, -0.05) is 56.7 Å². The Bertz CT molecular complexity index is 315. The highest BCUT2D eigenvalue weighted by Gasteiger charge is 2.22. The van der Waals surface area contributed by atoms with E-state index in [9.17, 15) is 0 Å². The average molecular weight is 403 g/mol. The fraction of sp³-hybridized carbons (Fsp3) is 0.455. The Hall–Kier alpha value is 0.680. The standard InChI is InChI=1S/C11H13BrClIO/c1-11(7-13,8-14)15-6-9-4-2-3-5-10(9)12/h2-5H,6-8H2,1H3. The van der Waals surface area contributed by atoms with E-state index < -0.39 is 0 Å². The number of halogens is 3. The highest BCUT2D eigenvalue weighted by molar-refractivity contribution is 14.1. The lowest BCUT2D eigenvalue weighted by Crippen LogP contribution is -2.32. The summed E-state index contributed by atoms with van der Waals surface area (Å²) in [6.07, 6.45) is 0. The van der Waals surface area contributed by atoms with Gasteiger partial charge in [0.15, 0.2) is 0 Å². The fourth-order valence-electron chi connectivity index (χ4n) is 0.980. The van der Waals surface area contributed by atoms with Crippen LogP contribution < -0.4 is 0 Å². The van der Waals surface area contributed by atoms with Gasteiger partial charge in [0.05, 0.1) is 18.1 Å². The Morgan fingerprint density at radius 1 is 1.47 bits per heavy atom. The minimum absolute atomic E-state index is 0.239. The molecule has 0 N–H and O–H groups in total. The van der Waals surface area contributed by atoms with Crippen molar-refractivity contribution < 1.29 is 4.74 Å². The molecule has 0 heterocycles. The Morgan fingerprint density at radius 3 is 2.67 bits per heavy atom.